The Morgan fingerprint density at radius 2 is 1.81 bits per heavy atom. The number of carbonyl (C=O) groups excluding carboxylic acids is 1. The fourth-order valence-electron chi connectivity index (χ4n) is 1.70. The summed E-state index contributed by atoms with van der Waals surface area (Å²) >= 11 is 0. The van der Waals surface area contributed by atoms with Gasteiger partial charge in [-0.2, -0.15) is 5.12 Å². The molecule has 1 aliphatic heterocycles. The van der Waals surface area contributed by atoms with Crippen molar-refractivity contribution in [2.75, 3.05) is 45.8 Å². The van der Waals surface area contributed by atoms with Crippen molar-refractivity contribution in [2.24, 2.45) is 0 Å². The number of hydrazine groups is 2. The molecule has 1 heterocycles. The van der Waals surface area contributed by atoms with Crippen molar-refractivity contribution in [3.05, 3.63) is 0 Å². The second kappa shape index (κ2) is 7.56. The predicted octanol–water partition coefficient (Wildman–Crippen LogP) is -1.23. The molecule has 3 N–H and O–H groups in total. The summed E-state index contributed by atoms with van der Waals surface area (Å²) in [5.41, 5.74) is 6.23. The van der Waals surface area contributed by atoms with Crippen LogP contribution >= 0.6 is 0 Å². The van der Waals surface area contributed by atoms with Gasteiger partial charge in [-0.3, -0.25) is 4.79 Å². The SMILES string of the molecule is CCNN(CC(=O)N1CCNCC1)NCC. The normalized spacial score (nSPS) is 16.8. The lowest BCUT2D eigenvalue weighted by Gasteiger charge is -2.30. The number of carbonyl (C=O) groups is 1. The van der Waals surface area contributed by atoms with Crippen molar-refractivity contribution in [1.29, 1.82) is 0 Å². The van der Waals surface area contributed by atoms with E-state index >= 15 is 0 Å². The van der Waals surface area contributed by atoms with Crippen LogP contribution in [0.3, 0.4) is 0 Å². The number of hydrogen-bond acceptors (Lipinski definition) is 5. The van der Waals surface area contributed by atoms with Gasteiger partial charge in [-0.1, -0.05) is 13.8 Å². The first-order valence-corrected chi connectivity index (χ1v) is 6.01. The van der Waals surface area contributed by atoms with Crippen LogP contribution in [-0.2, 0) is 4.79 Å². The molecule has 0 aromatic rings. The lowest BCUT2D eigenvalue weighted by Crippen LogP contribution is -2.55. The van der Waals surface area contributed by atoms with E-state index in [0.29, 0.717) is 6.54 Å². The summed E-state index contributed by atoms with van der Waals surface area (Å²) in [7, 11) is 0. The molecular weight excluding hydrogens is 206 g/mol. The molecule has 0 unspecified atom stereocenters. The highest BCUT2D eigenvalue weighted by Gasteiger charge is 2.18. The Balaban J connectivity index is 2.33. The molecule has 0 spiro atoms. The van der Waals surface area contributed by atoms with Crippen molar-refractivity contribution >= 4 is 5.91 Å². The van der Waals surface area contributed by atoms with Crippen molar-refractivity contribution in [3.8, 4) is 0 Å². The van der Waals surface area contributed by atoms with Crippen LogP contribution in [0.25, 0.3) is 0 Å². The molecule has 16 heavy (non-hydrogen) atoms. The molecule has 6 nitrogen and oxygen atoms in total. The number of piperazine rings is 1. The third-order valence-corrected chi connectivity index (χ3v) is 2.46. The molecule has 1 amide bonds. The maximum absolute atomic E-state index is 11.9. The van der Waals surface area contributed by atoms with E-state index in [2.05, 4.69) is 16.2 Å². The zero-order valence-corrected chi connectivity index (χ0v) is 10.3. The minimum Gasteiger partial charge on any atom is -0.339 e. The van der Waals surface area contributed by atoms with Crippen molar-refractivity contribution in [1.82, 2.24) is 26.2 Å². The van der Waals surface area contributed by atoms with Gasteiger partial charge in [-0.25, -0.2) is 10.9 Å². The first kappa shape index (κ1) is 13.4. The number of amides is 1. The Bertz CT molecular complexity index is 199. The zero-order chi connectivity index (χ0) is 11.8. The quantitative estimate of drug-likeness (QED) is 0.498. The summed E-state index contributed by atoms with van der Waals surface area (Å²) in [4.78, 5) is 13.8. The van der Waals surface area contributed by atoms with Gasteiger partial charge >= 0.3 is 0 Å². The highest BCUT2D eigenvalue weighted by molar-refractivity contribution is 5.78. The zero-order valence-electron chi connectivity index (χ0n) is 10.3. The molecule has 0 bridgehead atoms. The molecule has 1 rings (SSSR count). The van der Waals surface area contributed by atoms with Gasteiger partial charge < -0.3 is 10.2 Å². The second-order valence-electron chi connectivity index (χ2n) is 3.74. The van der Waals surface area contributed by atoms with E-state index in [-0.39, 0.29) is 5.91 Å². The van der Waals surface area contributed by atoms with Gasteiger partial charge in [0.1, 0.15) is 6.54 Å². The summed E-state index contributed by atoms with van der Waals surface area (Å²) in [6.07, 6.45) is 0. The lowest BCUT2D eigenvalue weighted by molar-refractivity contribution is -0.134. The van der Waals surface area contributed by atoms with Gasteiger partial charge in [0.05, 0.1) is 0 Å². The van der Waals surface area contributed by atoms with Gasteiger partial charge in [0.15, 0.2) is 0 Å². The Morgan fingerprint density at radius 3 is 2.31 bits per heavy atom. The average molecular weight is 229 g/mol. The van der Waals surface area contributed by atoms with Crippen LogP contribution < -0.4 is 16.2 Å². The minimum absolute atomic E-state index is 0.170. The fraction of sp³-hybridized carbons (Fsp3) is 0.900. The largest absolute Gasteiger partial charge is 0.339 e. The van der Waals surface area contributed by atoms with Crippen LogP contribution in [0.4, 0.5) is 0 Å². The van der Waals surface area contributed by atoms with E-state index in [0.717, 1.165) is 39.3 Å². The second-order valence-corrected chi connectivity index (χ2v) is 3.74. The van der Waals surface area contributed by atoms with E-state index in [1.165, 1.54) is 0 Å². The van der Waals surface area contributed by atoms with Crippen LogP contribution in [0.15, 0.2) is 0 Å². The Morgan fingerprint density at radius 1 is 1.25 bits per heavy atom. The molecule has 1 fully saturated rings. The third-order valence-electron chi connectivity index (χ3n) is 2.46. The van der Waals surface area contributed by atoms with Crippen LogP contribution in [-0.4, -0.2) is 61.7 Å². The molecule has 0 saturated carbocycles. The van der Waals surface area contributed by atoms with Crippen molar-refractivity contribution in [3.63, 3.8) is 0 Å². The number of rotatable bonds is 6. The van der Waals surface area contributed by atoms with E-state index < -0.39 is 0 Å². The summed E-state index contributed by atoms with van der Waals surface area (Å²) in [5.74, 6) is 0.170. The molecular formula is C10H23N5O. The molecule has 0 atom stereocenters. The topological polar surface area (TPSA) is 59.6 Å². The highest BCUT2D eigenvalue weighted by Crippen LogP contribution is 1.94. The molecule has 0 aromatic heterocycles. The molecule has 0 aliphatic carbocycles. The monoisotopic (exact) mass is 229 g/mol. The Hall–Kier alpha value is -0.690. The molecule has 6 heteroatoms. The maximum Gasteiger partial charge on any atom is 0.239 e. The van der Waals surface area contributed by atoms with Gasteiger partial charge in [0.2, 0.25) is 5.91 Å². The molecule has 1 aliphatic rings. The lowest BCUT2D eigenvalue weighted by atomic mass is 10.3. The van der Waals surface area contributed by atoms with E-state index in [4.69, 9.17) is 0 Å². The maximum atomic E-state index is 11.9. The van der Waals surface area contributed by atoms with E-state index in [1.54, 1.807) is 5.12 Å². The Labute approximate surface area is 97.3 Å². The smallest absolute Gasteiger partial charge is 0.239 e. The third kappa shape index (κ3) is 4.44. The van der Waals surface area contributed by atoms with Crippen molar-refractivity contribution < 1.29 is 4.79 Å². The number of nitrogens with zero attached hydrogens (tertiary/aromatic N) is 2. The van der Waals surface area contributed by atoms with Gasteiger partial charge in [0.25, 0.3) is 0 Å². The summed E-state index contributed by atoms with van der Waals surface area (Å²) in [6.45, 7) is 9.43. The minimum atomic E-state index is 0.170. The van der Waals surface area contributed by atoms with Crippen LogP contribution in [0.2, 0.25) is 0 Å². The summed E-state index contributed by atoms with van der Waals surface area (Å²) < 4.78 is 0. The molecule has 1 saturated heterocycles. The van der Waals surface area contributed by atoms with Crippen molar-refractivity contribution in [2.45, 2.75) is 13.8 Å². The first-order chi connectivity index (χ1) is 7.77. The van der Waals surface area contributed by atoms with Crippen LogP contribution in [0.1, 0.15) is 13.8 Å². The van der Waals surface area contributed by atoms with Crippen LogP contribution in [0, 0.1) is 0 Å². The van der Waals surface area contributed by atoms with Crippen LogP contribution in [0.5, 0.6) is 0 Å². The molecule has 0 aromatic carbocycles. The number of hydrogen-bond donors (Lipinski definition) is 3. The molecule has 0 radical (unpaired) electrons. The Kier molecular flexibility index (Phi) is 6.32. The van der Waals surface area contributed by atoms with E-state index in [1.807, 2.05) is 18.7 Å². The summed E-state index contributed by atoms with van der Waals surface area (Å²) in [5, 5.41) is 5.00. The highest BCUT2D eigenvalue weighted by atomic mass is 16.2. The summed E-state index contributed by atoms with van der Waals surface area (Å²) in [6, 6.07) is 0. The average Bonchev–Trinajstić information content (AvgIpc) is 2.31. The number of nitrogens with one attached hydrogen (secondary N) is 3. The first-order valence-electron chi connectivity index (χ1n) is 6.01. The van der Waals surface area contributed by atoms with Gasteiger partial charge in [0, 0.05) is 39.3 Å². The fourth-order valence-corrected chi connectivity index (χ4v) is 1.70. The molecule has 94 valence electrons. The van der Waals surface area contributed by atoms with Gasteiger partial charge in [-0.05, 0) is 0 Å². The van der Waals surface area contributed by atoms with Gasteiger partial charge in [-0.15, -0.1) is 0 Å². The standard InChI is InChI=1S/C10H23N5O/c1-3-12-15(13-4-2)9-10(16)14-7-5-11-6-8-14/h11-13H,3-9H2,1-2H3. The van der Waals surface area contributed by atoms with E-state index in [9.17, 15) is 4.79 Å². The predicted molar refractivity (Wildman–Crippen MR) is 63.5 cm³/mol.